The van der Waals surface area contributed by atoms with Crippen LogP contribution in [0, 0.1) is 6.92 Å². The molecule has 2 atom stereocenters. The second-order valence-electron chi connectivity index (χ2n) is 9.13. The van der Waals surface area contributed by atoms with Gasteiger partial charge in [0.1, 0.15) is 16.7 Å². The SMILES string of the molecule is Cc1onc2c1c(=O)n(C1CCC(NC(=O)C3(N)CCCCC3)C1)c1cccc(Cl)c21. The van der Waals surface area contributed by atoms with Gasteiger partial charge in [0, 0.05) is 17.5 Å². The van der Waals surface area contributed by atoms with Crippen LogP contribution < -0.4 is 16.6 Å². The van der Waals surface area contributed by atoms with E-state index in [4.69, 9.17) is 21.9 Å². The molecule has 3 N–H and O–H groups in total. The van der Waals surface area contributed by atoms with E-state index in [2.05, 4.69) is 10.5 Å². The molecule has 5 rings (SSSR count). The van der Waals surface area contributed by atoms with Gasteiger partial charge < -0.3 is 20.1 Å². The zero-order valence-electron chi connectivity index (χ0n) is 17.6. The van der Waals surface area contributed by atoms with Gasteiger partial charge in [-0.3, -0.25) is 9.59 Å². The van der Waals surface area contributed by atoms with E-state index in [9.17, 15) is 9.59 Å². The summed E-state index contributed by atoms with van der Waals surface area (Å²) in [7, 11) is 0. The Hall–Kier alpha value is -2.38. The van der Waals surface area contributed by atoms with Crippen LogP contribution in [0.25, 0.3) is 21.8 Å². The molecule has 2 unspecified atom stereocenters. The Kier molecular flexibility index (Phi) is 5.06. The number of hydrogen-bond acceptors (Lipinski definition) is 5. The van der Waals surface area contributed by atoms with Crippen LogP contribution in [-0.2, 0) is 4.79 Å². The van der Waals surface area contributed by atoms with Crippen LogP contribution in [0.15, 0.2) is 27.5 Å². The number of pyridine rings is 1. The average Bonchev–Trinajstić information content (AvgIpc) is 3.36. The van der Waals surface area contributed by atoms with Crippen LogP contribution in [0.1, 0.15) is 63.2 Å². The molecule has 2 fully saturated rings. The number of aromatic nitrogens is 2. The molecule has 2 aliphatic carbocycles. The van der Waals surface area contributed by atoms with Crippen molar-refractivity contribution in [3.05, 3.63) is 39.3 Å². The molecule has 0 bridgehead atoms. The van der Waals surface area contributed by atoms with Crippen molar-refractivity contribution >= 4 is 39.3 Å². The van der Waals surface area contributed by atoms with Gasteiger partial charge in [0.15, 0.2) is 0 Å². The van der Waals surface area contributed by atoms with Gasteiger partial charge in [-0.25, -0.2) is 0 Å². The first-order valence-electron chi connectivity index (χ1n) is 11.1. The van der Waals surface area contributed by atoms with Crippen molar-refractivity contribution in [1.82, 2.24) is 15.0 Å². The van der Waals surface area contributed by atoms with Crippen LogP contribution in [0.3, 0.4) is 0 Å². The maximum atomic E-state index is 13.5. The molecule has 1 amide bonds. The van der Waals surface area contributed by atoms with Gasteiger partial charge in [0.05, 0.1) is 16.1 Å². The number of hydrogen-bond donors (Lipinski definition) is 2. The molecule has 2 heterocycles. The summed E-state index contributed by atoms with van der Waals surface area (Å²) in [4.78, 5) is 26.3. The largest absolute Gasteiger partial charge is 0.360 e. The van der Waals surface area contributed by atoms with Crippen molar-refractivity contribution in [3.8, 4) is 0 Å². The number of amides is 1. The van der Waals surface area contributed by atoms with Crippen molar-refractivity contribution in [2.45, 2.75) is 75.9 Å². The minimum absolute atomic E-state index is 0.000235. The predicted molar refractivity (Wildman–Crippen MR) is 120 cm³/mol. The number of nitrogens with zero attached hydrogens (tertiary/aromatic N) is 2. The molecular formula is C23H27ClN4O3. The molecule has 1 aromatic carbocycles. The van der Waals surface area contributed by atoms with Crippen molar-refractivity contribution in [3.63, 3.8) is 0 Å². The lowest BCUT2D eigenvalue weighted by Gasteiger charge is -2.33. The highest BCUT2D eigenvalue weighted by Gasteiger charge is 2.38. The van der Waals surface area contributed by atoms with Gasteiger partial charge in [-0.2, -0.15) is 0 Å². The minimum Gasteiger partial charge on any atom is -0.360 e. The van der Waals surface area contributed by atoms with Crippen molar-refractivity contribution in [2.75, 3.05) is 0 Å². The number of aryl methyl sites for hydroxylation is 1. The summed E-state index contributed by atoms with van der Waals surface area (Å²) in [5.74, 6) is 0.434. The summed E-state index contributed by atoms with van der Waals surface area (Å²) in [6, 6.07) is 5.49. The first-order valence-corrected chi connectivity index (χ1v) is 11.5. The van der Waals surface area contributed by atoms with Gasteiger partial charge in [0.2, 0.25) is 5.91 Å². The van der Waals surface area contributed by atoms with Crippen LogP contribution in [0.2, 0.25) is 5.02 Å². The molecule has 3 aromatic rings. The monoisotopic (exact) mass is 442 g/mol. The summed E-state index contributed by atoms with van der Waals surface area (Å²) in [5.41, 5.74) is 6.78. The Balaban J connectivity index is 1.48. The smallest absolute Gasteiger partial charge is 0.264 e. The number of carbonyl (C=O) groups is 1. The van der Waals surface area contributed by atoms with E-state index >= 15 is 0 Å². The zero-order chi connectivity index (χ0) is 21.8. The van der Waals surface area contributed by atoms with E-state index in [1.165, 1.54) is 0 Å². The van der Waals surface area contributed by atoms with Crippen molar-refractivity contribution in [1.29, 1.82) is 0 Å². The highest BCUT2D eigenvalue weighted by atomic mass is 35.5. The second-order valence-corrected chi connectivity index (χ2v) is 9.53. The topological polar surface area (TPSA) is 103 Å². The fourth-order valence-electron chi connectivity index (χ4n) is 5.40. The number of rotatable bonds is 3. The molecule has 31 heavy (non-hydrogen) atoms. The normalized spacial score (nSPS) is 23.5. The maximum absolute atomic E-state index is 13.5. The summed E-state index contributed by atoms with van der Waals surface area (Å²) in [6.07, 6.45) is 6.89. The molecular weight excluding hydrogens is 416 g/mol. The van der Waals surface area contributed by atoms with Gasteiger partial charge in [-0.05, 0) is 51.2 Å². The highest BCUT2D eigenvalue weighted by Crippen LogP contribution is 2.36. The highest BCUT2D eigenvalue weighted by molar-refractivity contribution is 6.37. The molecule has 8 heteroatoms. The van der Waals surface area contributed by atoms with E-state index in [0.29, 0.717) is 28.1 Å². The number of nitrogens with one attached hydrogen (secondary N) is 1. The molecule has 164 valence electrons. The molecule has 0 radical (unpaired) electrons. The Morgan fingerprint density at radius 1 is 1.26 bits per heavy atom. The molecule has 2 aliphatic rings. The van der Waals surface area contributed by atoms with Crippen molar-refractivity contribution in [2.24, 2.45) is 5.73 Å². The fraction of sp³-hybridized carbons (Fsp3) is 0.522. The van der Waals surface area contributed by atoms with E-state index in [0.717, 1.165) is 55.8 Å². The number of halogens is 1. The first-order chi connectivity index (χ1) is 14.9. The molecule has 0 spiro atoms. The molecule has 2 saturated carbocycles. The molecule has 0 saturated heterocycles. The van der Waals surface area contributed by atoms with E-state index < -0.39 is 5.54 Å². The number of fused-ring (bicyclic) bond motifs is 3. The van der Waals surface area contributed by atoms with E-state index in [1.54, 1.807) is 13.0 Å². The van der Waals surface area contributed by atoms with E-state index in [-0.39, 0.29) is 23.6 Å². The van der Waals surface area contributed by atoms with Gasteiger partial charge in [0.25, 0.3) is 5.56 Å². The van der Waals surface area contributed by atoms with E-state index in [1.807, 2.05) is 16.7 Å². The van der Waals surface area contributed by atoms with Gasteiger partial charge in [-0.15, -0.1) is 0 Å². The summed E-state index contributed by atoms with van der Waals surface area (Å²) < 4.78 is 7.15. The Morgan fingerprint density at radius 3 is 2.81 bits per heavy atom. The van der Waals surface area contributed by atoms with Gasteiger partial charge in [-0.1, -0.05) is 42.1 Å². The second kappa shape index (κ2) is 7.64. The maximum Gasteiger partial charge on any atom is 0.264 e. The average molecular weight is 443 g/mol. The van der Waals surface area contributed by atoms with Crippen LogP contribution in [0.4, 0.5) is 0 Å². The Morgan fingerprint density at radius 2 is 2.03 bits per heavy atom. The fourth-order valence-corrected chi connectivity index (χ4v) is 5.66. The summed E-state index contributed by atoms with van der Waals surface area (Å²) in [5, 5.41) is 9.01. The number of nitrogens with two attached hydrogens (primary N) is 1. The third-order valence-corrected chi connectivity index (χ3v) is 7.40. The predicted octanol–water partition coefficient (Wildman–Crippen LogP) is 3.98. The molecule has 7 nitrogen and oxygen atoms in total. The standard InChI is InChI=1S/C23H27ClN4O3/c1-13-18-20(27-31-13)19-16(24)6-5-7-17(19)28(21(18)29)15-9-8-14(12-15)26-22(30)23(25)10-3-2-4-11-23/h5-7,14-15H,2-4,8-12,25H2,1H3,(H,26,30). The summed E-state index contributed by atoms with van der Waals surface area (Å²) in [6.45, 7) is 1.74. The quantitative estimate of drug-likeness (QED) is 0.638. The van der Waals surface area contributed by atoms with Crippen LogP contribution in [-0.4, -0.2) is 27.2 Å². The lowest BCUT2D eigenvalue weighted by atomic mass is 9.81. The summed E-state index contributed by atoms with van der Waals surface area (Å²) >= 11 is 6.51. The lowest BCUT2D eigenvalue weighted by molar-refractivity contribution is -0.128. The Bertz CT molecular complexity index is 1220. The number of carbonyl (C=O) groups excluding carboxylic acids is 1. The number of benzene rings is 1. The van der Waals surface area contributed by atoms with Crippen molar-refractivity contribution < 1.29 is 9.32 Å². The van der Waals surface area contributed by atoms with Crippen LogP contribution in [0.5, 0.6) is 0 Å². The Labute approximate surface area is 184 Å². The third kappa shape index (κ3) is 3.34. The molecule has 2 aromatic heterocycles. The van der Waals surface area contributed by atoms with Gasteiger partial charge >= 0.3 is 0 Å². The first kappa shape index (κ1) is 20.5. The van der Waals surface area contributed by atoms with Crippen LogP contribution >= 0.6 is 11.6 Å². The third-order valence-electron chi connectivity index (χ3n) is 7.09. The zero-order valence-corrected chi connectivity index (χ0v) is 18.4. The lowest BCUT2D eigenvalue weighted by Crippen LogP contribution is -2.56. The minimum atomic E-state index is -0.758. The molecule has 0 aliphatic heterocycles.